The summed E-state index contributed by atoms with van der Waals surface area (Å²) in [6.45, 7) is 4.36. The predicted octanol–water partition coefficient (Wildman–Crippen LogP) is 2.96. The van der Waals surface area contributed by atoms with E-state index in [1.807, 2.05) is 6.92 Å². The number of ketones is 1. The molecule has 3 N–H and O–H groups in total. The zero-order chi connectivity index (χ0) is 21.4. The van der Waals surface area contributed by atoms with Crippen LogP contribution in [-0.4, -0.2) is 26.7 Å². The average Bonchev–Trinajstić information content (AvgIpc) is 2.70. The van der Waals surface area contributed by atoms with Crippen LogP contribution < -0.4 is 15.2 Å². The van der Waals surface area contributed by atoms with Crippen molar-refractivity contribution >= 4 is 21.7 Å². The monoisotopic (exact) mass is 418 g/mol. The van der Waals surface area contributed by atoms with Gasteiger partial charge in [-0.3, -0.25) is 9.59 Å². The molecule has 0 aliphatic carbocycles. The van der Waals surface area contributed by atoms with Crippen molar-refractivity contribution in [3.8, 4) is 5.75 Å². The fraction of sp³-hybridized carbons (Fsp3) is 0.333. The lowest BCUT2D eigenvalue weighted by molar-refractivity contribution is -0.121. The Morgan fingerprint density at radius 3 is 2.41 bits per heavy atom. The van der Waals surface area contributed by atoms with Crippen molar-refractivity contribution < 1.29 is 22.7 Å². The number of Topliss-reactive ketones (excluding diaryl/α,β-unsaturated/α-hetero) is 1. The summed E-state index contributed by atoms with van der Waals surface area (Å²) in [7, 11) is -3.81. The molecule has 7 nitrogen and oxygen atoms in total. The highest BCUT2D eigenvalue weighted by molar-refractivity contribution is 7.89. The van der Waals surface area contributed by atoms with Crippen LogP contribution in [-0.2, 0) is 14.8 Å². The third-order valence-corrected chi connectivity index (χ3v) is 5.20. The van der Waals surface area contributed by atoms with Gasteiger partial charge in [0.25, 0.3) is 0 Å². The van der Waals surface area contributed by atoms with Gasteiger partial charge in [-0.25, -0.2) is 13.6 Å². The van der Waals surface area contributed by atoms with Gasteiger partial charge >= 0.3 is 0 Å². The summed E-state index contributed by atoms with van der Waals surface area (Å²) in [5.41, 5.74) is 1.13. The van der Waals surface area contributed by atoms with Crippen molar-refractivity contribution in [2.45, 2.75) is 44.0 Å². The third-order valence-electron chi connectivity index (χ3n) is 4.29. The minimum atomic E-state index is -3.81. The Kier molecular flexibility index (Phi) is 7.92. The molecular formula is C21H26N2O5S. The van der Waals surface area contributed by atoms with E-state index in [1.54, 1.807) is 43.3 Å². The van der Waals surface area contributed by atoms with Crippen molar-refractivity contribution in [2.24, 2.45) is 5.14 Å². The molecule has 0 aliphatic rings. The number of benzene rings is 2. The molecule has 1 atom stereocenters. The maximum Gasteiger partial charge on any atom is 0.238 e. The first-order valence-electron chi connectivity index (χ1n) is 9.39. The van der Waals surface area contributed by atoms with E-state index in [4.69, 9.17) is 9.88 Å². The maximum atomic E-state index is 12.3. The second-order valence-electron chi connectivity index (χ2n) is 6.70. The van der Waals surface area contributed by atoms with E-state index in [-0.39, 0.29) is 29.4 Å². The van der Waals surface area contributed by atoms with Crippen LogP contribution in [0, 0.1) is 0 Å². The Labute approximate surface area is 171 Å². The van der Waals surface area contributed by atoms with Crippen LogP contribution in [0.15, 0.2) is 53.4 Å². The van der Waals surface area contributed by atoms with E-state index in [9.17, 15) is 18.0 Å². The number of nitrogens with two attached hydrogens (primary N) is 1. The van der Waals surface area contributed by atoms with Gasteiger partial charge in [-0.1, -0.05) is 19.1 Å². The number of ether oxygens (including phenoxy) is 1. The number of hydrogen-bond acceptors (Lipinski definition) is 5. The van der Waals surface area contributed by atoms with Gasteiger partial charge in [0, 0.05) is 18.4 Å². The van der Waals surface area contributed by atoms with Crippen molar-refractivity contribution in [1.29, 1.82) is 0 Å². The molecule has 0 saturated carbocycles. The number of carbonyl (C=O) groups is 2. The van der Waals surface area contributed by atoms with Crippen LogP contribution in [0.3, 0.4) is 0 Å². The number of amides is 1. The zero-order valence-electron chi connectivity index (χ0n) is 16.6. The molecule has 2 aromatic carbocycles. The van der Waals surface area contributed by atoms with Gasteiger partial charge in [0.2, 0.25) is 15.9 Å². The number of rotatable bonds is 10. The number of carbonyl (C=O) groups excluding carboxylic acids is 2. The topological polar surface area (TPSA) is 116 Å². The maximum absolute atomic E-state index is 12.3. The standard InChI is InChI=1S/C21H26N2O5S/c1-3-13-28-18-9-7-16(8-10-18)20(24)11-12-21(25)23-15(2)17-5-4-6-19(14-17)29(22,26)27/h4-10,14-15H,3,11-13H2,1-2H3,(H,23,25)(H2,22,26,27). The Bertz CT molecular complexity index is 955. The van der Waals surface area contributed by atoms with Crippen LogP contribution in [0.25, 0.3) is 0 Å². The lowest BCUT2D eigenvalue weighted by atomic mass is 10.1. The van der Waals surface area contributed by atoms with Gasteiger partial charge in [-0.05, 0) is 55.3 Å². The SMILES string of the molecule is CCCOc1ccc(C(=O)CCC(=O)NC(C)c2cccc(S(N)(=O)=O)c2)cc1. The van der Waals surface area contributed by atoms with Gasteiger partial charge in [-0.2, -0.15) is 0 Å². The fourth-order valence-electron chi connectivity index (χ4n) is 2.69. The van der Waals surface area contributed by atoms with Gasteiger partial charge in [0.15, 0.2) is 5.78 Å². The number of hydrogen-bond donors (Lipinski definition) is 2. The van der Waals surface area contributed by atoms with Crippen LogP contribution in [0.5, 0.6) is 5.75 Å². The number of primary sulfonamides is 1. The van der Waals surface area contributed by atoms with E-state index >= 15 is 0 Å². The summed E-state index contributed by atoms with van der Waals surface area (Å²) in [5, 5.41) is 7.90. The Balaban J connectivity index is 1.88. The molecule has 2 rings (SSSR count). The smallest absolute Gasteiger partial charge is 0.238 e. The number of nitrogens with one attached hydrogen (secondary N) is 1. The molecule has 156 valence electrons. The number of sulfonamides is 1. The van der Waals surface area contributed by atoms with E-state index in [1.165, 1.54) is 12.1 Å². The molecule has 0 aliphatic heterocycles. The van der Waals surface area contributed by atoms with Gasteiger partial charge < -0.3 is 10.1 Å². The van der Waals surface area contributed by atoms with Crippen molar-refractivity contribution in [3.63, 3.8) is 0 Å². The first-order chi connectivity index (χ1) is 13.7. The normalized spacial score (nSPS) is 12.2. The van der Waals surface area contributed by atoms with Crippen LogP contribution >= 0.6 is 0 Å². The van der Waals surface area contributed by atoms with E-state index in [0.717, 1.165) is 6.42 Å². The largest absolute Gasteiger partial charge is 0.494 e. The van der Waals surface area contributed by atoms with Crippen molar-refractivity contribution in [3.05, 3.63) is 59.7 Å². The van der Waals surface area contributed by atoms with E-state index in [0.29, 0.717) is 23.5 Å². The highest BCUT2D eigenvalue weighted by atomic mass is 32.2. The molecule has 0 heterocycles. The minimum Gasteiger partial charge on any atom is -0.494 e. The first kappa shape index (κ1) is 22.6. The zero-order valence-corrected chi connectivity index (χ0v) is 17.4. The summed E-state index contributed by atoms with van der Waals surface area (Å²) in [6.07, 6.45) is 1.01. The van der Waals surface area contributed by atoms with Gasteiger partial charge in [-0.15, -0.1) is 0 Å². The van der Waals surface area contributed by atoms with Crippen LogP contribution in [0.1, 0.15) is 55.1 Å². The summed E-state index contributed by atoms with van der Waals surface area (Å²) < 4.78 is 28.4. The van der Waals surface area contributed by atoms with E-state index < -0.39 is 16.1 Å². The molecule has 0 spiro atoms. The Hall–Kier alpha value is -2.71. The predicted molar refractivity (Wildman–Crippen MR) is 110 cm³/mol. The van der Waals surface area contributed by atoms with Gasteiger partial charge in [0.1, 0.15) is 5.75 Å². The summed E-state index contributed by atoms with van der Waals surface area (Å²) in [4.78, 5) is 24.5. The highest BCUT2D eigenvalue weighted by Gasteiger charge is 2.15. The van der Waals surface area contributed by atoms with E-state index in [2.05, 4.69) is 5.32 Å². The molecule has 29 heavy (non-hydrogen) atoms. The molecule has 8 heteroatoms. The molecule has 0 bridgehead atoms. The van der Waals surface area contributed by atoms with Crippen LogP contribution in [0.4, 0.5) is 0 Å². The van der Waals surface area contributed by atoms with Gasteiger partial charge in [0.05, 0.1) is 17.5 Å². The summed E-state index contributed by atoms with van der Waals surface area (Å²) >= 11 is 0. The summed E-state index contributed by atoms with van der Waals surface area (Å²) in [6, 6.07) is 12.5. The molecular weight excluding hydrogens is 392 g/mol. The molecule has 1 unspecified atom stereocenters. The minimum absolute atomic E-state index is 0.0161. The first-order valence-corrected chi connectivity index (χ1v) is 10.9. The molecule has 0 fully saturated rings. The molecule has 0 radical (unpaired) electrons. The molecule has 2 aromatic rings. The van der Waals surface area contributed by atoms with Crippen molar-refractivity contribution in [2.75, 3.05) is 6.61 Å². The third kappa shape index (κ3) is 6.99. The molecule has 0 saturated heterocycles. The Morgan fingerprint density at radius 1 is 1.10 bits per heavy atom. The van der Waals surface area contributed by atoms with Crippen LogP contribution in [0.2, 0.25) is 0 Å². The quantitative estimate of drug-likeness (QED) is 0.576. The average molecular weight is 419 g/mol. The highest BCUT2D eigenvalue weighted by Crippen LogP contribution is 2.18. The summed E-state index contributed by atoms with van der Waals surface area (Å²) in [5.74, 6) is 0.275. The second kappa shape index (κ2) is 10.2. The lowest BCUT2D eigenvalue weighted by Gasteiger charge is -2.15. The lowest BCUT2D eigenvalue weighted by Crippen LogP contribution is -2.27. The fourth-order valence-corrected chi connectivity index (χ4v) is 3.25. The Morgan fingerprint density at radius 2 is 1.79 bits per heavy atom. The molecule has 1 amide bonds. The van der Waals surface area contributed by atoms with Crippen molar-refractivity contribution in [1.82, 2.24) is 5.32 Å². The second-order valence-corrected chi connectivity index (χ2v) is 8.26. The molecule has 0 aromatic heterocycles.